The first kappa shape index (κ1) is 8.97. The van der Waals surface area contributed by atoms with Crippen LogP contribution in [0.15, 0.2) is 0 Å². The Morgan fingerprint density at radius 2 is 2.55 bits per heavy atom. The van der Waals surface area contributed by atoms with E-state index in [-0.39, 0.29) is 6.10 Å². The van der Waals surface area contributed by atoms with Gasteiger partial charge in [0.25, 0.3) is 0 Å². The Bertz CT molecular complexity index is 97.5. The van der Waals surface area contributed by atoms with Crippen LogP contribution >= 0.6 is 0 Å². The van der Waals surface area contributed by atoms with Crippen molar-refractivity contribution in [3.05, 3.63) is 0 Å². The van der Waals surface area contributed by atoms with E-state index in [0.29, 0.717) is 12.5 Å². The second-order valence-electron chi connectivity index (χ2n) is 3.12. The largest absolute Gasteiger partial charge is 0.391 e. The fourth-order valence-corrected chi connectivity index (χ4v) is 1.12. The summed E-state index contributed by atoms with van der Waals surface area (Å²) in [5, 5.41) is 8.87. The molecule has 1 aliphatic heterocycles. The van der Waals surface area contributed by atoms with Crippen molar-refractivity contribution < 1.29 is 14.6 Å². The zero-order valence-corrected chi connectivity index (χ0v) is 6.95. The lowest BCUT2D eigenvalue weighted by Crippen LogP contribution is -2.16. The molecule has 1 rings (SSSR count). The van der Waals surface area contributed by atoms with Crippen LogP contribution in [0.2, 0.25) is 0 Å². The van der Waals surface area contributed by atoms with Crippen molar-refractivity contribution in [2.24, 2.45) is 5.92 Å². The Morgan fingerprint density at radius 1 is 1.73 bits per heavy atom. The normalized spacial score (nSPS) is 27.3. The summed E-state index contributed by atoms with van der Waals surface area (Å²) in [7, 11) is 0. The van der Waals surface area contributed by atoms with Gasteiger partial charge >= 0.3 is 0 Å². The minimum Gasteiger partial charge on any atom is -0.391 e. The first-order valence-electron chi connectivity index (χ1n) is 4.12. The van der Waals surface area contributed by atoms with Crippen LogP contribution in [0.25, 0.3) is 0 Å². The summed E-state index contributed by atoms with van der Waals surface area (Å²) in [6.45, 7) is 4.58. The number of aliphatic hydroxyl groups is 1. The highest BCUT2D eigenvalue weighted by Crippen LogP contribution is 2.12. The first-order chi connectivity index (χ1) is 5.29. The molecule has 2 atom stereocenters. The fraction of sp³-hybridized carbons (Fsp3) is 1.00. The second kappa shape index (κ2) is 4.70. The molecule has 0 radical (unpaired) electrons. The summed E-state index contributed by atoms with van der Waals surface area (Å²) in [5.41, 5.74) is 0. The van der Waals surface area contributed by atoms with E-state index in [1.54, 1.807) is 6.92 Å². The highest BCUT2D eigenvalue weighted by Gasteiger charge is 2.15. The van der Waals surface area contributed by atoms with Crippen molar-refractivity contribution in [2.45, 2.75) is 19.4 Å². The van der Waals surface area contributed by atoms with Crippen molar-refractivity contribution in [1.29, 1.82) is 0 Å². The van der Waals surface area contributed by atoms with Crippen LogP contribution in [0, 0.1) is 5.92 Å². The molecule has 0 aromatic heterocycles. The maximum Gasteiger partial charge on any atom is 0.0745 e. The van der Waals surface area contributed by atoms with E-state index in [0.717, 1.165) is 26.2 Å². The lowest BCUT2D eigenvalue weighted by atomic mass is 10.1. The summed E-state index contributed by atoms with van der Waals surface area (Å²) in [4.78, 5) is 0. The molecular formula is C8H16O3. The highest BCUT2D eigenvalue weighted by molar-refractivity contribution is 4.62. The van der Waals surface area contributed by atoms with Gasteiger partial charge in [-0.25, -0.2) is 0 Å². The maximum atomic E-state index is 8.87. The van der Waals surface area contributed by atoms with Crippen molar-refractivity contribution >= 4 is 0 Å². The molecule has 0 saturated carbocycles. The van der Waals surface area contributed by atoms with Crippen molar-refractivity contribution in [1.82, 2.24) is 0 Å². The molecule has 0 bridgehead atoms. The van der Waals surface area contributed by atoms with Gasteiger partial charge in [0, 0.05) is 12.5 Å². The van der Waals surface area contributed by atoms with Crippen molar-refractivity contribution in [2.75, 3.05) is 26.4 Å². The predicted molar refractivity (Wildman–Crippen MR) is 41.4 cm³/mol. The van der Waals surface area contributed by atoms with Crippen LogP contribution in [-0.4, -0.2) is 37.6 Å². The molecule has 0 aliphatic carbocycles. The minimum absolute atomic E-state index is 0.350. The van der Waals surface area contributed by atoms with Gasteiger partial charge in [-0.15, -0.1) is 0 Å². The number of ether oxygens (including phenoxy) is 2. The van der Waals surface area contributed by atoms with E-state index in [9.17, 15) is 0 Å². The van der Waals surface area contributed by atoms with E-state index in [4.69, 9.17) is 14.6 Å². The van der Waals surface area contributed by atoms with Crippen molar-refractivity contribution in [3.63, 3.8) is 0 Å². The Kier molecular flexibility index (Phi) is 3.83. The molecule has 1 heterocycles. The zero-order chi connectivity index (χ0) is 8.10. The van der Waals surface area contributed by atoms with Crippen LogP contribution in [0.4, 0.5) is 0 Å². The number of rotatable bonds is 4. The Balaban J connectivity index is 1.94. The molecule has 1 unspecified atom stereocenters. The molecule has 3 nitrogen and oxygen atoms in total. The van der Waals surface area contributed by atoms with Gasteiger partial charge in [0.05, 0.1) is 25.9 Å². The lowest BCUT2D eigenvalue weighted by molar-refractivity contribution is 0.0271. The van der Waals surface area contributed by atoms with Crippen LogP contribution in [0.3, 0.4) is 0 Å². The molecule has 0 aromatic carbocycles. The smallest absolute Gasteiger partial charge is 0.0745 e. The quantitative estimate of drug-likeness (QED) is 0.647. The molecule has 1 fully saturated rings. The summed E-state index contributed by atoms with van der Waals surface area (Å²) < 4.78 is 10.4. The first-order valence-corrected chi connectivity index (χ1v) is 4.12. The highest BCUT2D eigenvalue weighted by atomic mass is 16.5. The van der Waals surface area contributed by atoms with E-state index in [2.05, 4.69) is 0 Å². The van der Waals surface area contributed by atoms with E-state index in [1.807, 2.05) is 0 Å². The molecule has 0 spiro atoms. The minimum atomic E-state index is -0.350. The monoisotopic (exact) mass is 160 g/mol. The SMILES string of the molecule is C[C@H](O)COCC1CCOC1. The number of hydrogen-bond acceptors (Lipinski definition) is 3. The predicted octanol–water partition coefficient (Wildman–Crippen LogP) is 0.420. The molecule has 66 valence electrons. The summed E-state index contributed by atoms with van der Waals surface area (Å²) in [6.07, 6.45) is 0.747. The molecule has 0 amide bonds. The molecule has 1 saturated heterocycles. The van der Waals surface area contributed by atoms with E-state index < -0.39 is 0 Å². The van der Waals surface area contributed by atoms with Crippen LogP contribution in [-0.2, 0) is 9.47 Å². The van der Waals surface area contributed by atoms with Gasteiger partial charge < -0.3 is 14.6 Å². The van der Waals surface area contributed by atoms with Gasteiger partial charge in [-0.1, -0.05) is 0 Å². The Labute approximate surface area is 67.3 Å². The van der Waals surface area contributed by atoms with E-state index in [1.165, 1.54) is 0 Å². The standard InChI is InChI=1S/C8H16O3/c1-7(9)4-11-6-8-2-3-10-5-8/h7-9H,2-6H2,1H3/t7-,8?/m0/s1. The fourth-order valence-electron chi connectivity index (χ4n) is 1.12. The third-order valence-electron chi connectivity index (χ3n) is 1.74. The van der Waals surface area contributed by atoms with Gasteiger partial charge in [0.15, 0.2) is 0 Å². The zero-order valence-electron chi connectivity index (χ0n) is 6.95. The van der Waals surface area contributed by atoms with Crippen LogP contribution < -0.4 is 0 Å². The van der Waals surface area contributed by atoms with E-state index >= 15 is 0 Å². The molecule has 1 aliphatic rings. The van der Waals surface area contributed by atoms with Gasteiger partial charge in [0.2, 0.25) is 0 Å². The third kappa shape index (κ3) is 3.70. The summed E-state index contributed by atoms with van der Waals surface area (Å²) in [5.74, 6) is 0.550. The van der Waals surface area contributed by atoms with Gasteiger partial charge in [-0.2, -0.15) is 0 Å². The maximum absolute atomic E-state index is 8.87. The van der Waals surface area contributed by atoms with Crippen molar-refractivity contribution in [3.8, 4) is 0 Å². The summed E-state index contributed by atoms with van der Waals surface area (Å²) in [6, 6.07) is 0. The van der Waals surface area contributed by atoms with Crippen LogP contribution in [0.5, 0.6) is 0 Å². The van der Waals surface area contributed by atoms with Gasteiger partial charge in [0.1, 0.15) is 0 Å². The average Bonchev–Trinajstić information content (AvgIpc) is 2.39. The molecule has 3 heteroatoms. The Morgan fingerprint density at radius 3 is 3.09 bits per heavy atom. The molecular weight excluding hydrogens is 144 g/mol. The Hall–Kier alpha value is -0.120. The molecule has 11 heavy (non-hydrogen) atoms. The third-order valence-corrected chi connectivity index (χ3v) is 1.74. The van der Waals surface area contributed by atoms with Gasteiger partial charge in [-0.05, 0) is 13.3 Å². The number of hydrogen-bond donors (Lipinski definition) is 1. The molecule has 1 N–H and O–H groups in total. The molecule has 0 aromatic rings. The number of aliphatic hydroxyl groups excluding tert-OH is 1. The average molecular weight is 160 g/mol. The topological polar surface area (TPSA) is 38.7 Å². The summed E-state index contributed by atoms with van der Waals surface area (Å²) >= 11 is 0. The second-order valence-corrected chi connectivity index (χ2v) is 3.12. The van der Waals surface area contributed by atoms with Gasteiger partial charge in [-0.3, -0.25) is 0 Å². The lowest BCUT2D eigenvalue weighted by Gasteiger charge is -2.09. The van der Waals surface area contributed by atoms with Crippen LogP contribution in [0.1, 0.15) is 13.3 Å².